The number of thioether (sulfide) groups is 1. The number of unbranched alkanes of at least 4 members (excludes halogenated alkanes) is 12. The van der Waals surface area contributed by atoms with Crippen molar-refractivity contribution < 1.29 is 29.3 Å². The molecule has 10 heteroatoms. The third-order valence-corrected chi connectivity index (χ3v) is 10.5. The number of nitrogens with one attached hydrogen (secondary N) is 1. The number of nitrogens with zero attached hydrogens (tertiary/aromatic N) is 1. The fourth-order valence-corrected chi connectivity index (χ4v) is 7.65. The van der Waals surface area contributed by atoms with E-state index in [1.54, 1.807) is 13.2 Å². The van der Waals surface area contributed by atoms with Crippen LogP contribution in [-0.2, 0) is 19.1 Å². The Morgan fingerprint density at radius 3 is 2.05 bits per heavy atom. The second-order valence-corrected chi connectivity index (χ2v) is 14.8. The van der Waals surface area contributed by atoms with Gasteiger partial charge in [0.25, 0.3) is 0 Å². The minimum absolute atomic E-state index is 0.152. The normalized spacial score (nSPS) is 29.0. The molecule has 2 rings (SSSR count). The number of aliphatic hydroxyl groups is 2. The second-order valence-electron chi connectivity index (χ2n) is 13.2. The van der Waals surface area contributed by atoms with Gasteiger partial charge in [-0.3, -0.25) is 14.5 Å². The number of alkyl halides is 1. The maximum absolute atomic E-state index is 13.3. The van der Waals surface area contributed by atoms with Gasteiger partial charge in [-0.15, -0.1) is 23.4 Å². The van der Waals surface area contributed by atoms with Gasteiger partial charge in [0.1, 0.15) is 23.7 Å². The van der Waals surface area contributed by atoms with Crippen LogP contribution in [-0.4, -0.2) is 94.2 Å². The van der Waals surface area contributed by atoms with E-state index in [9.17, 15) is 19.8 Å². The van der Waals surface area contributed by atoms with Crippen LogP contribution in [0.2, 0.25) is 0 Å². The van der Waals surface area contributed by atoms with Crippen LogP contribution in [0.5, 0.6) is 0 Å². The zero-order valence-electron chi connectivity index (χ0n) is 28.2. The van der Waals surface area contributed by atoms with Gasteiger partial charge in [-0.2, -0.15) is 0 Å². The number of carbonyl (C=O) groups excluding carboxylic acids is 2. The monoisotopic (exact) mass is 662 g/mol. The lowest BCUT2D eigenvalue weighted by molar-refractivity contribution is -0.218. The molecule has 44 heavy (non-hydrogen) atoms. The first-order valence-corrected chi connectivity index (χ1v) is 19.2. The van der Waals surface area contributed by atoms with Crippen molar-refractivity contribution in [1.82, 2.24) is 10.2 Å². The summed E-state index contributed by atoms with van der Waals surface area (Å²) in [5, 5.41) is 24.6. The van der Waals surface area contributed by atoms with E-state index >= 15 is 0 Å². The summed E-state index contributed by atoms with van der Waals surface area (Å²) in [7, 11) is 1.95. The minimum atomic E-state index is -1.38. The predicted octanol–water partition coefficient (Wildman–Crippen LogP) is 6.42. The molecule has 0 aromatic carbocycles. The molecule has 2 aliphatic rings. The topological polar surface area (TPSA) is 108 Å². The smallest absolute Gasteiger partial charge is 0.306 e. The molecule has 0 spiro atoms. The molecular formula is C34H63ClN2O6S. The summed E-state index contributed by atoms with van der Waals surface area (Å²) < 4.78 is 11.9. The highest BCUT2D eigenvalue weighted by atomic mass is 35.5. The number of amides is 1. The fraction of sp³-hybridized carbons (Fsp3) is 0.941. The van der Waals surface area contributed by atoms with E-state index < -0.39 is 47.2 Å². The quantitative estimate of drug-likeness (QED) is 0.0693. The van der Waals surface area contributed by atoms with Gasteiger partial charge < -0.3 is 25.0 Å². The number of likely N-dealkylation sites (N-methyl/N-ethyl adjacent to an activating group) is 1. The van der Waals surface area contributed by atoms with Crippen molar-refractivity contribution in [3.63, 3.8) is 0 Å². The van der Waals surface area contributed by atoms with Crippen LogP contribution < -0.4 is 5.32 Å². The van der Waals surface area contributed by atoms with Gasteiger partial charge in [0.05, 0.1) is 17.5 Å². The van der Waals surface area contributed by atoms with Crippen molar-refractivity contribution in [2.75, 3.05) is 19.8 Å². The Bertz CT molecular complexity index is 806. The Labute approximate surface area is 277 Å². The number of likely N-dealkylation sites (tertiary alicyclic amines) is 1. The largest absolute Gasteiger partial charge is 0.456 e. The molecule has 2 aliphatic heterocycles. The van der Waals surface area contributed by atoms with Crippen molar-refractivity contribution in [1.29, 1.82) is 0 Å². The third kappa shape index (κ3) is 13.3. The van der Waals surface area contributed by atoms with Gasteiger partial charge in [0.2, 0.25) is 5.91 Å². The molecule has 258 valence electrons. The minimum Gasteiger partial charge on any atom is -0.456 e. The lowest BCUT2D eigenvalue weighted by atomic mass is 9.92. The standard InChI is InChI=1S/C34H63ClN2O6S/c1-6-8-9-10-11-12-13-14-15-16-17-18-19-21-27(38)42-32-30(40)29(39)31(43-34(32)44-5)28(24(3)35)36-33(41)26-22-25(20-7-2)23-37(26)4/h24-26,28-32,34,39-40H,6-23H2,1-5H3,(H,36,41)/t24-,25+,26-,28?,29+,30-,31-,32+,34+/m0/s1. The number of esters is 1. The van der Waals surface area contributed by atoms with Gasteiger partial charge in [0, 0.05) is 13.0 Å². The number of ether oxygens (including phenoxy) is 2. The molecule has 2 fully saturated rings. The van der Waals surface area contributed by atoms with Gasteiger partial charge in [-0.25, -0.2) is 0 Å². The average molecular weight is 663 g/mol. The van der Waals surface area contributed by atoms with Crippen molar-refractivity contribution in [2.24, 2.45) is 5.92 Å². The van der Waals surface area contributed by atoms with E-state index in [0.717, 1.165) is 45.1 Å². The van der Waals surface area contributed by atoms with E-state index in [4.69, 9.17) is 21.1 Å². The Balaban J connectivity index is 1.76. The zero-order chi connectivity index (χ0) is 32.5. The number of aliphatic hydroxyl groups excluding tert-OH is 2. The SMILES string of the molecule is CCCCCCCCCCCCCCCC(=O)O[C@@H]1[C@@H](O)[C@@H](O)[C@H](C(NC(=O)[C@@H]2C[C@@H](CCC)CN2C)[C@H](C)Cl)O[C@@H]1SC. The lowest BCUT2D eigenvalue weighted by Gasteiger charge is -2.45. The molecule has 0 aromatic rings. The number of hydrogen-bond donors (Lipinski definition) is 3. The first kappa shape index (κ1) is 39.6. The molecule has 0 radical (unpaired) electrons. The van der Waals surface area contributed by atoms with Crippen molar-refractivity contribution in [3.05, 3.63) is 0 Å². The Morgan fingerprint density at radius 2 is 1.52 bits per heavy atom. The average Bonchev–Trinajstić information content (AvgIpc) is 3.36. The van der Waals surface area contributed by atoms with E-state index in [2.05, 4.69) is 24.1 Å². The maximum atomic E-state index is 13.3. The summed E-state index contributed by atoms with van der Waals surface area (Å²) in [4.78, 5) is 28.0. The number of carbonyl (C=O) groups is 2. The van der Waals surface area contributed by atoms with Crippen molar-refractivity contribution in [2.45, 2.75) is 177 Å². The molecule has 2 saturated heterocycles. The Kier molecular flexibility index (Phi) is 19.9. The van der Waals surface area contributed by atoms with Gasteiger partial charge in [-0.1, -0.05) is 97.3 Å². The first-order valence-electron chi connectivity index (χ1n) is 17.5. The molecule has 3 N–H and O–H groups in total. The zero-order valence-corrected chi connectivity index (χ0v) is 29.8. The van der Waals surface area contributed by atoms with E-state index in [1.807, 2.05) is 7.05 Å². The maximum Gasteiger partial charge on any atom is 0.306 e. The van der Waals surface area contributed by atoms with Crippen LogP contribution in [0.1, 0.15) is 130 Å². The van der Waals surface area contributed by atoms with Crippen molar-refractivity contribution in [3.8, 4) is 0 Å². The van der Waals surface area contributed by atoms with E-state index in [-0.39, 0.29) is 18.4 Å². The predicted molar refractivity (Wildman–Crippen MR) is 181 cm³/mol. The summed E-state index contributed by atoms with van der Waals surface area (Å²) in [5.74, 6) is -0.0742. The highest BCUT2D eigenvalue weighted by molar-refractivity contribution is 7.99. The molecule has 2 heterocycles. The van der Waals surface area contributed by atoms with Crippen LogP contribution in [0.15, 0.2) is 0 Å². The highest BCUT2D eigenvalue weighted by Gasteiger charge is 2.50. The van der Waals surface area contributed by atoms with Gasteiger partial charge in [-0.05, 0) is 45.4 Å². The van der Waals surface area contributed by atoms with Gasteiger partial charge >= 0.3 is 5.97 Å². The molecule has 0 saturated carbocycles. The molecule has 9 atom stereocenters. The van der Waals surface area contributed by atoms with Crippen LogP contribution in [0.25, 0.3) is 0 Å². The highest BCUT2D eigenvalue weighted by Crippen LogP contribution is 2.33. The summed E-state index contributed by atoms with van der Waals surface area (Å²) in [6, 6.07) is -1.00. The summed E-state index contributed by atoms with van der Waals surface area (Å²) >= 11 is 7.82. The molecular weight excluding hydrogens is 600 g/mol. The molecule has 1 unspecified atom stereocenters. The van der Waals surface area contributed by atoms with Crippen molar-refractivity contribution >= 4 is 35.2 Å². The lowest BCUT2D eigenvalue weighted by Crippen LogP contribution is -2.65. The fourth-order valence-electron chi connectivity index (χ4n) is 6.72. The summed E-state index contributed by atoms with van der Waals surface area (Å²) in [6.45, 7) is 7.01. The van der Waals surface area contributed by atoms with Gasteiger partial charge in [0.15, 0.2) is 6.10 Å². The second kappa shape index (κ2) is 22.1. The first-order chi connectivity index (χ1) is 21.1. The molecule has 0 aliphatic carbocycles. The Morgan fingerprint density at radius 1 is 0.955 bits per heavy atom. The molecule has 1 amide bonds. The van der Waals surface area contributed by atoms with E-state index in [1.165, 1.54) is 76.0 Å². The van der Waals surface area contributed by atoms with Crippen LogP contribution >= 0.6 is 23.4 Å². The summed E-state index contributed by atoms with van der Waals surface area (Å²) in [6.07, 6.45) is 16.3. The van der Waals surface area contributed by atoms with E-state index in [0.29, 0.717) is 5.92 Å². The van der Waals surface area contributed by atoms with Crippen LogP contribution in [0.4, 0.5) is 0 Å². The Hall–Kier alpha value is -0.580. The number of rotatable bonds is 22. The molecule has 0 aromatic heterocycles. The third-order valence-electron chi connectivity index (χ3n) is 9.36. The summed E-state index contributed by atoms with van der Waals surface area (Å²) in [5.41, 5.74) is -0.702. The van der Waals surface area contributed by atoms with Crippen LogP contribution in [0, 0.1) is 5.92 Å². The molecule has 8 nitrogen and oxygen atoms in total. The molecule has 0 bridgehead atoms. The number of hydrogen-bond acceptors (Lipinski definition) is 8. The van der Waals surface area contributed by atoms with Crippen LogP contribution in [0.3, 0.4) is 0 Å². The number of halogens is 1.